The number of imidazole rings is 1. The van der Waals surface area contributed by atoms with E-state index in [0.717, 1.165) is 35.3 Å². The second-order valence-corrected chi connectivity index (χ2v) is 17.2. The van der Waals surface area contributed by atoms with E-state index in [0.29, 0.717) is 46.8 Å². The van der Waals surface area contributed by atoms with Crippen molar-refractivity contribution < 1.29 is 44.7 Å². The number of alkyl halides is 5. The van der Waals surface area contributed by atoms with Crippen molar-refractivity contribution in [3.8, 4) is 22.5 Å². The number of fused-ring (bicyclic) bond motifs is 4. The highest BCUT2D eigenvalue weighted by Gasteiger charge is 2.68. The predicted octanol–water partition coefficient (Wildman–Crippen LogP) is 8.12. The predicted molar refractivity (Wildman–Crippen MR) is 223 cm³/mol. The second-order valence-electron chi connectivity index (χ2n) is 16.2. The molecule has 334 valence electrons. The Morgan fingerprint density at radius 3 is 2.31 bits per heavy atom. The molecule has 3 aromatic carbocycles. The number of hydrogen-bond acceptors (Lipinski definition) is 9. The molecule has 0 radical (unpaired) electrons. The summed E-state index contributed by atoms with van der Waals surface area (Å²) in [6, 6.07) is 14.4. The maximum absolute atomic E-state index is 15.5. The molecule has 5 heterocycles. The molecule has 2 amide bonds. The third-order valence-corrected chi connectivity index (χ3v) is 13.1. The standard InChI is InChI=1S/C44H34F8N10O2S/c45-24-13-21(14-25(46)17-24)15-32(56-34(63)20-62-38-35(37(59-62)44(50,51)52)28-18-30(28)43(38,48)49)36-27(23-3-6-31(47)29(16-23)39(53)64)19-33-41(57-36)58-42(65-33)61-11-9-60(10-12-61)26-4-1-22(2-5-26)40-54-7-8-55-40/h1-8,13-14,16-17,19,28,30,32H,9-12,15,18,20H2,(H2,53,64)(H,54,55)(H,56,63)/t28-,30+,32-/m0/s1. The van der Waals surface area contributed by atoms with Gasteiger partial charge in [-0.2, -0.15) is 32.0 Å². The van der Waals surface area contributed by atoms with Gasteiger partial charge in [0, 0.05) is 72.9 Å². The Morgan fingerprint density at radius 1 is 0.923 bits per heavy atom. The first-order chi connectivity index (χ1) is 31.0. The normalized spacial score (nSPS) is 18.2. The quantitative estimate of drug-likeness (QED) is 0.110. The van der Waals surface area contributed by atoms with Crippen LogP contribution in [0.3, 0.4) is 0 Å². The monoisotopic (exact) mass is 918 g/mol. The van der Waals surface area contributed by atoms with Crippen molar-refractivity contribution in [3.63, 3.8) is 0 Å². The van der Waals surface area contributed by atoms with Gasteiger partial charge in [0.2, 0.25) is 5.91 Å². The Bertz CT molecular complexity index is 2980. The van der Waals surface area contributed by atoms with Crippen LogP contribution in [0.5, 0.6) is 0 Å². The number of carbonyl (C=O) groups excluding carboxylic acids is 2. The number of nitrogens with two attached hydrogens (primary N) is 1. The Hall–Kier alpha value is -6.90. The maximum atomic E-state index is 15.5. The first-order valence-corrected chi connectivity index (χ1v) is 21.1. The molecule has 65 heavy (non-hydrogen) atoms. The number of aromatic nitrogens is 6. The zero-order valence-electron chi connectivity index (χ0n) is 33.6. The van der Waals surface area contributed by atoms with Gasteiger partial charge in [-0.1, -0.05) is 17.4 Å². The van der Waals surface area contributed by atoms with Gasteiger partial charge in [-0.25, -0.2) is 23.1 Å². The fraction of sp³-hybridized carbons (Fsp3) is 0.273. The molecule has 2 fully saturated rings. The number of nitrogens with one attached hydrogen (secondary N) is 2. The van der Waals surface area contributed by atoms with Gasteiger partial charge in [-0.3, -0.25) is 14.3 Å². The Kier molecular flexibility index (Phi) is 10.1. The van der Waals surface area contributed by atoms with Gasteiger partial charge >= 0.3 is 6.18 Å². The van der Waals surface area contributed by atoms with E-state index in [2.05, 4.69) is 30.2 Å². The first kappa shape index (κ1) is 42.1. The number of rotatable bonds is 11. The van der Waals surface area contributed by atoms with Crippen LogP contribution in [-0.2, 0) is 29.9 Å². The van der Waals surface area contributed by atoms with E-state index >= 15 is 8.78 Å². The molecule has 4 aromatic heterocycles. The molecule has 21 heteroatoms. The van der Waals surface area contributed by atoms with Crippen molar-refractivity contribution in [2.75, 3.05) is 36.0 Å². The lowest BCUT2D eigenvalue weighted by atomic mass is 9.94. The molecule has 0 spiro atoms. The first-order valence-electron chi connectivity index (χ1n) is 20.3. The van der Waals surface area contributed by atoms with Crippen LogP contribution in [0.25, 0.3) is 32.9 Å². The van der Waals surface area contributed by atoms with Crippen LogP contribution in [-0.4, -0.2) is 67.7 Å². The number of anilines is 2. The average molecular weight is 919 g/mol. The van der Waals surface area contributed by atoms with E-state index in [9.17, 15) is 35.9 Å². The van der Waals surface area contributed by atoms with Gasteiger partial charge in [-0.05, 0) is 84.5 Å². The van der Waals surface area contributed by atoms with Crippen molar-refractivity contribution in [2.24, 2.45) is 11.7 Å². The molecule has 4 N–H and O–H groups in total. The fourth-order valence-corrected chi connectivity index (χ4v) is 9.94. The summed E-state index contributed by atoms with van der Waals surface area (Å²) in [5.74, 6) is -10.3. The number of amides is 2. The Morgan fingerprint density at radius 2 is 1.63 bits per heavy atom. The number of primary amides is 1. The molecular formula is C44H34F8N10O2S. The van der Waals surface area contributed by atoms with Crippen LogP contribution in [0.4, 0.5) is 45.9 Å². The molecule has 1 saturated heterocycles. The minimum Gasteiger partial charge on any atom is -0.368 e. The van der Waals surface area contributed by atoms with Crippen LogP contribution in [0, 0.1) is 23.4 Å². The van der Waals surface area contributed by atoms with E-state index in [1.807, 2.05) is 24.3 Å². The Balaban J connectivity index is 1.01. The van der Waals surface area contributed by atoms with Crippen molar-refractivity contribution in [1.29, 1.82) is 0 Å². The van der Waals surface area contributed by atoms with Crippen LogP contribution in [0.2, 0.25) is 0 Å². The lowest BCUT2D eigenvalue weighted by Gasteiger charge is -2.36. The van der Waals surface area contributed by atoms with Gasteiger partial charge in [0.1, 0.15) is 35.5 Å². The van der Waals surface area contributed by atoms with Crippen LogP contribution >= 0.6 is 11.3 Å². The number of aromatic amines is 1. The summed E-state index contributed by atoms with van der Waals surface area (Å²) in [6.07, 6.45) is -2.19. The number of H-pyrrole nitrogens is 1. The summed E-state index contributed by atoms with van der Waals surface area (Å²) in [5.41, 5.74) is 4.43. The number of pyridine rings is 1. The zero-order valence-corrected chi connectivity index (χ0v) is 34.5. The third-order valence-electron chi connectivity index (χ3n) is 12.0. The molecule has 0 unspecified atom stereocenters. The molecule has 7 aromatic rings. The van der Waals surface area contributed by atoms with E-state index < -0.39 is 88.3 Å². The number of nitrogens with zero attached hydrogens (tertiary/aromatic N) is 7. The number of hydrogen-bond donors (Lipinski definition) is 3. The number of thiazole rings is 1. The minimum atomic E-state index is -5.08. The molecule has 12 nitrogen and oxygen atoms in total. The zero-order chi connectivity index (χ0) is 45.5. The largest absolute Gasteiger partial charge is 0.435 e. The van der Waals surface area contributed by atoms with Crippen molar-refractivity contribution in [3.05, 3.63) is 130 Å². The van der Waals surface area contributed by atoms with Crippen molar-refractivity contribution in [1.82, 2.24) is 35.0 Å². The maximum Gasteiger partial charge on any atom is 0.435 e. The van der Waals surface area contributed by atoms with Crippen molar-refractivity contribution >= 4 is 44.3 Å². The minimum absolute atomic E-state index is 0.00883. The van der Waals surface area contributed by atoms with E-state index in [1.165, 1.54) is 23.5 Å². The summed E-state index contributed by atoms with van der Waals surface area (Å²) in [6.45, 7) is 1.33. The highest BCUT2D eigenvalue weighted by Crippen LogP contribution is 2.68. The summed E-state index contributed by atoms with van der Waals surface area (Å²) in [4.78, 5) is 47.6. The molecule has 3 atom stereocenters. The molecule has 3 aliphatic rings. The lowest BCUT2D eigenvalue weighted by molar-refractivity contribution is -0.142. The van der Waals surface area contributed by atoms with Gasteiger partial charge in [-0.15, -0.1) is 0 Å². The van der Waals surface area contributed by atoms with Crippen LogP contribution < -0.4 is 20.9 Å². The van der Waals surface area contributed by atoms with Crippen LogP contribution in [0.1, 0.15) is 56.9 Å². The highest BCUT2D eigenvalue weighted by atomic mass is 32.1. The van der Waals surface area contributed by atoms with Gasteiger partial charge in [0.25, 0.3) is 11.8 Å². The summed E-state index contributed by atoms with van der Waals surface area (Å²) in [5, 5.41) is 6.69. The molecule has 1 aliphatic heterocycles. The number of piperazine rings is 1. The molecule has 1 saturated carbocycles. The van der Waals surface area contributed by atoms with E-state index in [4.69, 9.17) is 15.7 Å². The molecule has 10 rings (SSSR count). The third kappa shape index (κ3) is 7.80. The van der Waals surface area contributed by atoms with Gasteiger partial charge < -0.3 is 25.8 Å². The average Bonchev–Trinajstić information content (AvgIpc) is 3.56. The Labute approximate surface area is 367 Å². The summed E-state index contributed by atoms with van der Waals surface area (Å²) < 4.78 is 118. The fourth-order valence-electron chi connectivity index (χ4n) is 8.94. The molecule has 2 aliphatic carbocycles. The van der Waals surface area contributed by atoms with E-state index in [-0.39, 0.29) is 40.9 Å². The lowest BCUT2D eigenvalue weighted by Crippen LogP contribution is -2.46. The van der Waals surface area contributed by atoms with Crippen LogP contribution in [0.15, 0.2) is 79.1 Å². The van der Waals surface area contributed by atoms with Crippen molar-refractivity contribution in [2.45, 2.75) is 43.4 Å². The molecular weight excluding hydrogens is 885 g/mol. The molecule has 0 bridgehead atoms. The number of halogens is 8. The smallest absolute Gasteiger partial charge is 0.368 e. The SMILES string of the molecule is NC(=O)c1cc(-c2cc3sc(N4CCN(c5ccc(-c6ncc[nH]6)cc5)CC4)nc3nc2[C@H](Cc2cc(F)cc(F)c2)NC(=O)Cn2nc(C(F)(F)F)c3c2C(F)(F)[C@@H]2C[C@H]32)ccc1F. The summed E-state index contributed by atoms with van der Waals surface area (Å²) in [7, 11) is 0. The van der Waals surface area contributed by atoms with Gasteiger partial charge in [0.05, 0.1) is 22.0 Å². The van der Waals surface area contributed by atoms with Gasteiger partial charge in [0.15, 0.2) is 16.5 Å². The van der Waals surface area contributed by atoms with E-state index in [1.54, 1.807) is 18.5 Å². The highest BCUT2D eigenvalue weighted by molar-refractivity contribution is 7.22. The second kappa shape index (κ2) is 15.7. The topological polar surface area (TPSA) is 151 Å². The summed E-state index contributed by atoms with van der Waals surface area (Å²) >= 11 is 1.28. The number of carbonyl (C=O) groups is 2. The number of benzene rings is 3.